The number of nitrogens with two attached hydrogens (primary N) is 1. The Morgan fingerprint density at radius 1 is 1.17 bits per heavy atom. The van der Waals surface area contributed by atoms with Crippen LogP contribution in [-0.4, -0.2) is 24.1 Å². The van der Waals surface area contributed by atoms with E-state index in [9.17, 15) is 4.79 Å². The Bertz CT molecular complexity index is 1270. The molecule has 4 aromatic rings. The molecule has 29 heavy (non-hydrogen) atoms. The van der Waals surface area contributed by atoms with Gasteiger partial charge in [0.15, 0.2) is 11.5 Å². The summed E-state index contributed by atoms with van der Waals surface area (Å²) in [6.45, 7) is 3.13. The number of rotatable bonds is 3. The van der Waals surface area contributed by atoms with Gasteiger partial charge in [-0.2, -0.15) is 0 Å². The molecular weight excluding hydrogens is 386 g/mol. The molecule has 1 aliphatic heterocycles. The van der Waals surface area contributed by atoms with Gasteiger partial charge in [-0.25, -0.2) is 4.98 Å². The maximum atomic E-state index is 12.9. The molecule has 0 unspecified atom stereocenters. The fraction of sp³-hybridized carbons (Fsp3) is 0.182. The van der Waals surface area contributed by atoms with Crippen molar-refractivity contribution >= 4 is 49.7 Å². The van der Waals surface area contributed by atoms with Crippen LogP contribution in [0.1, 0.15) is 22.2 Å². The standard InChI is InChI=1S/C22H19N3O3S/c1-2-12-4-3-5-13-10-15-18(23)20(29-22(15)25-19(12)13)21(26)24-14-6-7-16-17(11-14)28-9-8-27-16/h3-7,10-11H,2,8-9,23H2,1H3,(H,24,26). The van der Waals surface area contributed by atoms with Crippen LogP contribution >= 0.6 is 11.3 Å². The molecule has 6 nitrogen and oxygen atoms in total. The van der Waals surface area contributed by atoms with Gasteiger partial charge in [-0.3, -0.25) is 4.79 Å². The Morgan fingerprint density at radius 3 is 2.83 bits per heavy atom. The summed E-state index contributed by atoms with van der Waals surface area (Å²) in [5.41, 5.74) is 9.55. The molecule has 0 aliphatic carbocycles. The third-order valence-corrected chi connectivity index (χ3v) is 6.13. The number of nitrogens with zero attached hydrogens (tertiary/aromatic N) is 1. The highest BCUT2D eigenvalue weighted by atomic mass is 32.1. The zero-order chi connectivity index (χ0) is 20.0. The van der Waals surface area contributed by atoms with Gasteiger partial charge in [0.25, 0.3) is 5.91 Å². The van der Waals surface area contributed by atoms with Crippen molar-refractivity contribution in [1.29, 1.82) is 0 Å². The molecule has 1 aliphatic rings. The van der Waals surface area contributed by atoms with Crippen molar-refractivity contribution in [3.8, 4) is 11.5 Å². The summed E-state index contributed by atoms with van der Waals surface area (Å²) in [6.07, 6.45) is 0.897. The topological polar surface area (TPSA) is 86.5 Å². The molecule has 2 aromatic heterocycles. The third kappa shape index (κ3) is 3.03. The van der Waals surface area contributed by atoms with E-state index in [4.69, 9.17) is 20.2 Å². The maximum Gasteiger partial charge on any atom is 0.267 e. The van der Waals surface area contributed by atoms with Crippen molar-refractivity contribution in [2.45, 2.75) is 13.3 Å². The highest BCUT2D eigenvalue weighted by Gasteiger charge is 2.20. The maximum absolute atomic E-state index is 12.9. The lowest BCUT2D eigenvalue weighted by molar-refractivity contribution is 0.103. The molecule has 1 amide bonds. The van der Waals surface area contributed by atoms with Crippen LogP contribution in [0.4, 0.5) is 11.4 Å². The molecule has 3 N–H and O–H groups in total. The number of pyridine rings is 1. The summed E-state index contributed by atoms with van der Waals surface area (Å²) in [6, 6.07) is 13.5. The van der Waals surface area contributed by atoms with E-state index < -0.39 is 0 Å². The summed E-state index contributed by atoms with van der Waals surface area (Å²) >= 11 is 1.31. The fourth-order valence-corrected chi connectivity index (χ4v) is 4.52. The Balaban J connectivity index is 1.51. The first-order valence-electron chi connectivity index (χ1n) is 9.45. The second-order valence-electron chi connectivity index (χ2n) is 6.84. The van der Waals surface area contributed by atoms with Crippen molar-refractivity contribution in [1.82, 2.24) is 4.98 Å². The monoisotopic (exact) mass is 405 g/mol. The number of carbonyl (C=O) groups is 1. The Morgan fingerprint density at radius 2 is 2.00 bits per heavy atom. The van der Waals surface area contributed by atoms with Gasteiger partial charge in [-0.1, -0.05) is 25.1 Å². The van der Waals surface area contributed by atoms with Crippen LogP contribution in [0.2, 0.25) is 0 Å². The van der Waals surface area contributed by atoms with Gasteiger partial charge in [0.2, 0.25) is 0 Å². The second kappa shape index (κ2) is 6.93. The van der Waals surface area contributed by atoms with E-state index in [0.717, 1.165) is 27.5 Å². The summed E-state index contributed by atoms with van der Waals surface area (Å²) in [5, 5.41) is 4.74. The molecule has 5 rings (SSSR count). The molecule has 3 heterocycles. The minimum absolute atomic E-state index is 0.262. The van der Waals surface area contributed by atoms with Crippen LogP contribution in [0.25, 0.3) is 21.1 Å². The summed E-state index contributed by atoms with van der Waals surface area (Å²) in [5.74, 6) is 1.04. The van der Waals surface area contributed by atoms with E-state index in [0.29, 0.717) is 41.0 Å². The zero-order valence-corrected chi connectivity index (χ0v) is 16.6. The molecule has 7 heteroatoms. The molecule has 0 saturated carbocycles. The van der Waals surface area contributed by atoms with Crippen molar-refractivity contribution in [2.75, 3.05) is 24.3 Å². The molecule has 146 valence electrons. The quantitative estimate of drug-likeness (QED) is 0.519. The minimum atomic E-state index is -0.262. The van der Waals surface area contributed by atoms with Gasteiger partial charge in [0, 0.05) is 22.5 Å². The number of thiophene rings is 1. The normalized spacial score (nSPS) is 13.0. The molecule has 0 atom stereocenters. The first kappa shape index (κ1) is 17.8. The summed E-state index contributed by atoms with van der Waals surface area (Å²) in [4.78, 5) is 18.9. The van der Waals surface area contributed by atoms with Crippen LogP contribution in [0.5, 0.6) is 11.5 Å². The average molecular weight is 405 g/mol. The SMILES string of the molecule is CCc1cccc2cc3c(N)c(C(=O)Nc4ccc5c(c4)OCCO5)sc3nc12. The number of ether oxygens (including phenoxy) is 2. The molecule has 0 fully saturated rings. The number of hydrogen-bond acceptors (Lipinski definition) is 6. The van der Waals surface area contributed by atoms with Crippen LogP contribution < -0.4 is 20.5 Å². The Kier molecular flexibility index (Phi) is 4.24. The zero-order valence-electron chi connectivity index (χ0n) is 15.8. The van der Waals surface area contributed by atoms with Crippen LogP contribution in [0.15, 0.2) is 42.5 Å². The number of nitrogen functional groups attached to an aromatic ring is 1. The van der Waals surface area contributed by atoms with E-state index in [1.54, 1.807) is 18.2 Å². The highest BCUT2D eigenvalue weighted by Crippen LogP contribution is 2.37. The molecule has 0 saturated heterocycles. The number of aromatic nitrogens is 1. The number of benzene rings is 2. The number of fused-ring (bicyclic) bond motifs is 3. The Hall–Kier alpha value is -3.32. The van der Waals surface area contributed by atoms with Crippen molar-refractivity contribution in [2.24, 2.45) is 0 Å². The van der Waals surface area contributed by atoms with Gasteiger partial charge < -0.3 is 20.5 Å². The van der Waals surface area contributed by atoms with Crippen LogP contribution in [0.3, 0.4) is 0 Å². The lowest BCUT2D eigenvalue weighted by Gasteiger charge is -2.18. The molecule has 0 spiro atoms. The van der Waals surface area contributed by atoms with Gasteiger partial charge in [0.1, 0.15) is 22.9 Å². The minimum Gasteiger partial charge on any atom is -0.486 e. The smallest absolute Gasteiger partial charge is 0.267 e. The third-order valence-electron chi connectivity index (χ3n) is 5.02. The van der Waals surface area contributed by atoms with Crippen LogP contribution in [0, 0.1) is 0 Å². The van der Waals surface area contributed by atoms with E-state index in [-0.39, 0.29) is 5.91 Å². The van der Waals surface area contributed by atoms with E-state index in [1.807, 2.05) is 18.2 Å². The number of carbonyl (C=O) groups excluding carboxylic acids is 1. The number of para-hydroxylation sites is 1. The number of aryl methyl sites for hydroxylation is 1. The molecular formula is C22H19N3O3S. The lowest BCUT2D eigenvalue weighted by atomic mass is 10.1. The predicted molar refractivity (Wildman–Crippen MR) is 116 cm³/mol. The van der Waals surface area contributed by atoms with Crippen molar-refractivity contribution in [3.05, 3.63) is 52.9 Å². The molecule has 0 bridgehead atoms. The number of amides is 1. The first-order chi connectivity index (χ1) is 14.1. The number of nitrogens with one attached hydrogen (secondary N) is 1. The first-order valence-corrected chi connectivity index (χ1v) is 10.3. The van der Waals surface area contributed by atoms with Gasteiger partial charge in [0.05, 0.1) is 11.2 Å². The van der Waals surface area contributed by atoms with Gasteiger partial charge in [-0.15, -0.1) is 11.3 Å². The molecule has 2 aromatic carbocycles. The number of hydrogen-bond donors (Lipinski definition) is 2. The van der Waals surface area contributed by atoms with Crippen LogP contribution in [-0.2, 0) is 6.42 Å². The second-order valence-corrected chi connectivity index (χ2v) is 7.84. The van der Waals surface area contributed by atoms with E-state index in [2.05, 4.69) is 18.3 Å². The average Bonchev–Trinajstić information content (AvgIpc) is 3.07. The van der Waals surface area contributed by atoms with E-state index >= 15 is 0 Å². The number of anilines is 2. The van der Waals surface area contributed by atoms with E-state index in [1.165, 1.54) is 16.9 Å². The van der Waals surface area contributed by atoms with Crippen molar-refractivity contribution < 1.29 is 14.3 Å². The largest absolute Gasteiger partial charge is 0.486 e. The lowest BCUT2D eigenvalue weighted by Crippen LogP contribution is -2.16. The summed E-state index contributed by atoms with van der Waals surface area (Å²) < 4.78 is 11.1. The Labute approximate surface area is 171 Å². The van der Waals surface area contributed by atoms with Gasteiger partial charge >= 0.3 is 0 Å². The molecule has 0 radical (unpaired) electrons. The highest BCUT2D eigenvalue weighted by molar-refractivity contribution is 7.21. The fourth-order valence-electron chi connectivity index (χ4n) is 3.55. The summed E-state index contributed by atoms with van der Waals surface area (Å²) in [7, 11) is 0. The van der Waals surface area contributed by atoms with Crippen molar-refractivity contribution in [3.63, 3.8) is 0 Å². The van der Waals surface area contributed by atoms with Gasteiger partial charge in [-0.05, 0) is 30.2 Å². The predicted octanol–water partition coefficient (Wildman–Crippen LogP) is 4.62.